The van der Waals surface area contributed by atoms with Gasteiger partial charge in [-0.15, -0.1) is 0 Å². The number of aromatic nitrogens is 4. The molecule has 0 saturated carbocycles. The Hall–Kier alpha value is -3.02. The van der Waals surface area contributed by atoms with E-state index in [-0.39, 0.29) is 11.6 Å². The maximum Gasteiger partial charge on any atom is 0.267 e. The first-order valence-electron chi connectivity index (χ1n) is 8.17. The molecule has 0 unspecified atom stereocenters. The number of nitrogens with zero attached hydrogens (tertiary/aromatic N) is 5. The Balaban J connectivity index is 2.23. The van der Waals surface area contributed by atoms with E-state index in [4.69, 9.17) is 4.98 Å². The van der Waals surface area contributed by atoms with Crippen LogP contribution >= 0.6 is 0 Å². The highest BCUT2D eigenvalue weighted by Crippen LogP contribution is 2.29. The van der Waals surface area contributed by atoms with Gasteiger partial charge in [0.25, 0.3) is 5.56 Å². The molecule has 0 radical (unpaired) electrons. The molecule has 3 aromatic rings. The molecule has 0 spiro atoms. The van der Waals surface area contributed by atoms with Gasteiger partial charge in [0, 0.05) is 37.5 Å². The molecule has 25 heavy (non-hydrogen) atoms. The Morgan fingerprint density at radius 1 is 1.04 bits per heavy atom. The first-order chi connectivity index (χ1) is 12.0. The van der Waals surface area contributed by atoms with Crippen molar-refractivity contribution in [2.45, 2.75) is 19.9 Å². The summed E-state index contributed by atoms with van der Waals surface area (Å²) in [6.07, 6.45) is 1.77. The second-order valence-electron chi connectivity index (χ2n) is 6.29. The summed E-state index contributed by atoms with van der Waals surface area (Å²) >= 11 is 0. The van der Waals surface area contributed by atoms with E-state index in [1.165, 1.54) is 10.7 Å². The Labute approximate surface area is 146 Å². The zero-order chi connectivity index (χ0) is 18.0. The summed E-state index contributed by atoms with van der Waals surface area (Å²) < 4.78 is 1.48. The van der Waals surface area contributed by atoms with Gasteiger partial charge < -0.3 is 4.90 Å². The number of benzene rings is 1. The third-order valence-electron chi connectivity index (χ3n) is 3.81. The van der Waals surface area contributed by atoms with Crippen LogP contribution < -0.4 is 10.5 Å². The van der Waals surface area contributed by atoms with Gasteiger partial charge in [-0.25, -0.2) is 14.6 Å². The second-order valence-corrected chi connectivity index (χ2v) is 6.29. The standard InChI is InChI=1S/C19H21N5O/c1-13(2)24-17(25)11-10-16(22-24)15-12-20-19(23(3)4)21-18(15)14-8-6-5-7-9-14/h5-13H,1-4H3. The zero-order valence-corrected chi connectivity index (χ0v) is 14.8. The molecule has 0 amide bonds. The normalized spacial score (nSPS) is 10.9. The van der Waals surface area contributed by atoms with Crippen LogP contribution in [0.25, 0.3) is 22.5 Å². The minimum atomic E-state index is -0.120. The Morgan fingerprint density at radius 3 is 2.40 bits per heavy atom. The first-order valence-corrected chi connectivity index (χ1v) is 8.17. The van der Waals surface area contributed by atoms with E-state index in [1.807, 2.05) is 63.2 Å². The van der Waals surface area contributed by atoms with Crippen LogP contribution in [0.15, 0.2) is 53.5 Å². The van der Waals surface area contributed by atoms with Crippen LogP contribution in [0.3, 0.4) is 0 Å². The lowest BCUT2D eigenvalue weighted by Gasteiger charge is -2.15. The molecule has 128 valence electrons. The molecule has 6 nitrogen and oxygen atoms in total. The minimum Gasteiger partial charge on any atom is -0.347 e. The zero-order valence-electron chi connectivity index (χ0n) is 14.8. The summed E-state index contributed by atoms with van der Waals surface area (Å²) in [7, 11) is 3.81. The lowest BCUT2D eigenvalue weighted by molar-refractivity contribution is 0.505. The molecular weight excluding hydrogens is 314 g/mol. The van der Waals surface area contributed by atoms with Gasteiger partial charge in [-0.3, -0.25) is 4.79 Å². The SMILES string of the molecule is CC(C)n1nc(-c2cnc(N(C)C)nc2-c2ccccc2)ccc1=O. The van der Waals surface area contributed by atoms with Crippen molar-refractivity contribution >= 4 is 5.95 Å². The largest absolute Gasteiger partial charge is 0.347 e. The molecule has 1 aromatic carbocycles. The average molecular weight is 335 g/mol. The Morgan fingerprint density at radius 2 is 1.76 bits per heavy atom. The second kappa shape index (κ2) is 6.84. The Kier molecular flexibility index (Phi) is 4.61. The molecule has 2 heterocycles. The molecule has 0 aliphatic heterocycles. The monoisotopic (exact) mass is 335 g/mol. The smallest absolute Gasteiger partial charge is 0.267 e. The molecule has 6 heteroatoms. The van der Waals surface area contributed by atoms with E-state index >= 15 is 0 Å². The van der Waals surface area contributed by atoms with E-state index in [1.54, 1.807) is 12.3 Å². The maximum absolute atomic E-state index is 12.0. The third kappa shape index (κ3) is 3.42. The van der Waals surface area contributed by atoms with Crippen LogP contribution in [-0.4, -0.2) is 33.8 Å². The van der Waals surface area contributed by atoms with Crippen molar-refractivity contribution in [3.8, 4) is 22.5 Å². The average Bonchev–Trinajstić information content (AvgIpc) is 2.62. The van der Waals surface area contributed by atoms with Crippen LogP contribution in [0, 0.1) is 0 Å². The van der Waals surface area contributed by atoms with Crippen molar-refractivity contribution in [1.29, 1.82) is 0 Å². The van der Waals surface area contributed by atoms with Gasteiger partial charge in [-0.2, -0.15) is 5.10 Å². The fourth-order valence-corrected chi connectivity index (χ4v) is 2.53. The molecule has 0 atom stereocenters. The van der Waals surface area contributed by atoms with E-state index in [0.717, 1.165) is 16.8 Å². The number of anilines is 1. The van der Waals surface area contributed by atoms with E-state index in [9.17, 15) is 4.79 Å². The molecule has 0 aliphatic rings. The van der Waals surface area contributed by atoms with Crippen molar-refractivity contribution in [3.05, 3.63) is 59.0 Å². The summed E-state index contributed by atoms with van der Waals surface area (Å²) in [6.45, 7) is 3.86. The van der Waals surface area contributed by atoms with Crippen LogP contribution in [0.2, 0.25) is 0 Å². The molecule has 0 fully saturated rings. The van der Waals surface area contributed by atoms with Crippen LogP contribution in [-0.2, 0) is 0 Å². The van der Waals surface area contributed by atoms with Crippen molar-refractivity contribution < 1.29 is 0 Å². The summed E-state index contributed by atoms with van der Waals surface area (Å²) in [4.78, 5) is 23.0. The predicted molar refractivity (Wildman–Crippen MR) is 99.7 cm³/mol. The molecule has 0 saturated heterocycles. The Bertz CT molecular complexity index is 932. The lowest BCUT2D eigenvalue weighted by atomic mass is 10.0. The van der Waals surface area contributed by atoms with Crippen molar-refractivity contribution in [2.75, 3.05) is 19.0 Å². The highest BCUT2D eigenvalue weighted by Gasteiger charge is 2.15. The summed E-state index contributed by atoms with van der Waals surface area (Å²) in [5, 5.41) is 4.51. The molecule has 0 aliphatic carbocycles. The van der Waals surface area contributed by atoms with Gasteiger partial charge >= 0.3 is 0 Å². The van der Waals surface area contributed by atoms with Crippen molar-refractivity contribution in [3.63, 3.8) is 0 Å². The summed E-state index contributed by atoms with van der Waals surface area (Å²) in [5.74, 6) is 0.625. The van der Waals surface area contributed by atoms with Crippen LogP contribution in [0.1, 0.15) is 19.9 Å². The number of hydrogen-bond acceptors (Lipinski definition) is 5. The highest BCUT2D eigenvalue weighted by molar-refractivity contribution is 5.78. The summed E-state index contributed by atoms with van der Waals surface area (Å²) in [5.41, 5.74) is 3.13. The molecule has 0 N–H and O–H groups in total. The van der Waals surface area contributed by atoms with Crippen LogP contribution in [0.5, 0.6) is 0 Å². The fourth-order valence-electron chi connectivity index (χ4n) is 2.53. The predicted octanol–water partition coefficient (Wildman–Crippen LogP) is 3.01. The molecule has 2 aromatic heterocycles. The molecular formula is C19H21N5O. The van der Waals surface area contributed by atoms with Gasteiger partial charge in [0.15, 0.2) is 0 Å². The van der Waals surface area contributed by atoms with Crippen LogP contribution in [0.4, 0.5) is 5.95 Å². The lowest BCUT2D eigenvalue weighted by Crippen LogP contribution is -2.24. The van der Waals surface area contributed by atoms with Gasteiger partial charge in [0.05, 0.1) is 17.4 Å². The van der Waals surface area contributed by atoms with Gasteiger partial charge in [0.1, 0.15) is 0 Å². The number of hydrogen-bond donors (Lipinski definition) is 0. The van der Waals surface area contributed by atoms with E-state index in [0.29, 0.717) is 11.6 Å². The molecule has 3 rings (SSSR count). The van der Waals surface area contributed by atoms with Gasteiger partial charge in [-0.05, 0) is 19.9 Å². The maximum atomic E-state index is 12.0. The number of rotatable bonds is 4. The van der Waals surface area contributed by atoms with Crippen molar-refractivity contribution in [2.24, 2.45) is 0 Å². The quantitative estimate of drug-likeness (QED) is 0.733. The highest BCUT2D eigenvalue weighted by atomic mass is 16.1. The van der Waals surface area contributed by atoms with Crippen molar-refractivity contribution in [1.82, 2.24) is 19.7 Å². The van der Waals surface area contributed by atoms with E-state index in [2.05, 4.69) is 10.1 Å². The fraction of sp³-hybridized carbons (Fsp3) is 0.263. The first kappa shape index (κ1) is 16.8. The topological polar surface area (TPSA) is 63.9 Å². The minimum absolute atomic E-state index is 0.0189. The van der Waals surface area contributed by atoms with Gasteiger partial charge in [0.2, 0.25) is 5.95 Å². The molecule has 0 bridgehead atoms. The van der Waals surface area contributed by atoms with E-state index < -0.39 is 0 Å². The van der Waals surface area contributed by atoms with Gasteiger partial charge in [-0.1, -0.05) is 30.3 Å². The third-order valence-corrected chi connectivity index (χ3v) is 3.81. The summed E-state index contributed by atoms with van der Waals surface area (Å²) in [6, 6.07) is 13.2.